The van der Waals surface area contributed by atoms with E-state index in [0.29, 0.717) is 19.3 Å². The molecule has 0 amide bonds. The molecule has 0 saturated heterocycles. The van der Waals surface area contributed by atoms with E-state index in [9.17, 15) is 14.4 Å². The van der Waals surface area contributed by atoms with Crippen LogP contribution in [0.5, 0.6) is 0 Å². The fourth-order valence-corrected chi connectivity index (χ4v) is 8.29. The molecule has 6 heteroatoms. The normalized spacial score (nSPS) is 12.1. The molecule has 0 aromatic rings. The van der Waals surface area contributed by atoms with Crippen LogP contribution in [0.25, 0.3) is 0 Å². The fourth-order valence-electron chi connectivity index (χ4n) is 8.29. The summed E-state index contributed by atoms with van der Waals surface area (Å²) in [7, 11) is 0. The Kier molecular flexibility index (Phi) is 45.2. The summed E-state index contributed by atoms with van der Waals surface area (Å²) in [5, 5.41) is 0. The first kappa shape index (κ1) is 59.4. The highest BCUT2D eigenvalue weighted by molar-refractivity contribution is 5.71. The molecule has 0 spiro atoms. The fraction of sp³-hybridized carbons (Fsp3) is 0.945. The molecular weight excluding hydrogens is 757 g/mol. The highest BCUT2D eigenvalue weighted by Gasteiger charge is 2.19. The van der Waals surface area contributed by atoms with Crippen molar-refractivity contribution in [2.45, 2.75) is 304 Å². The minimum Gasteiger partial charge on any atom is -0.462 e. The average molecular weight is 863 g/mol. The Labute approximate surface area is 380 Å². The van der Waals surface area contributed by atoms with Crippen molar-refractivity contribution in [3.63, 3.8) is 0 Å². The molecule has 0 N–H and O–H groups in total. The molecule has 0 unspecified atom stereocenters. The van der Waals surface area contributed by atoms with Gasteiger partial charge in [0.15, 0.2) is 6.10 Å². The van der Waals surface area contributed by atoms with Gasteiger partial charge in [0.25, 0.3) is 0 Å². The van der Waals surface area contributed by atoms with Gasteiger partial charge in [-0.1, -0.05) is 260 Å². The van der Waals surface area contributed by atoms with Crippen LogP contribution in [0.1, 0.15) is 298 Å². The number of hydrogen-bond acceptors (Lipinski definition) is 6. The van der Waals surface area contributed by atoms with Gasteiger partial charge in [-0.15, -0.1) is 0 Å². The van der Waals surface area contributed by atoms with Crippen LogP contribution >= 0.6 is 0 Å². The summed E-state index contributed by atoms with van der Waals surface area (Å²) in [6.45, 7) is 13.7. The molecule has 0 aliphatic heterocycles. The number of carbonyl (C=O) groups is 3. The van der Waals surface area contributed by atoms with E-state index < -0.39 is 6.10 Å². The zero-order valence-electron chi connectivity index (χ0n) is 42.0. The van der Waals surface area contributed by atoms with Crippen molar-refractivity contribution in [2.24, 2.45) is 17.8 Å². The second-order valence-electron chi connectivity index (χ2n) is 20.3. The van der Waals surface area contributed by atoms with Gasteiger partial charge in [-0.25, -0.2) is 0 Å². The second-order valence-corrected chi connectivity index (χ2v) is 20.3. The molecule has 0 fully saturated rings. The summed E-state index contributed by atoms with van der Waals surface area (Å²) in [5.74, 6) is 1.62. The van der Waals surface area contributed by atoms with E-state index in [1.165, 1.54) is 180 Å². The van der Waals surface area contributed by atoms with Gasteiger partial charge in [-0.3, -0.25) is 14.4 Å². The highest BCUT2D eigenvalue weighted by atomic mass is 16.6. The lowest BCUT2D eigenvalue weighted by Gasteiger charge is -2.18. The van der Waals surface area contributed by atoms with Crippen LogP contribution in [-0.2, 0) is 28.6 Å². The third kappa shape index (κ3) is 49.3. The van der Waals surface area contributed by atoms with Crippen molar-refractivity contribution < 1.29 is 28.6 Å². The molecule has 1 atom stereocenters. The first-order valence-electron chi connectivity index (χ1n) is 27.1. The number of carbonyl (C=O) groups excluding carboxylic acids is 3. The van der Waals surface area contributed by atoms with Gasteiger partial charge in [0, 0.05) is 19.3 Å². The van der Waals surface area contributed by atoms with Gasteiger partial charge in [0.05, 0.1) is 0 Å². The number of esters is 3. The van der Waals surface area contributed by atoms with Crippen molar-refractivity contribution >= 4 is 17.9 Å². The summed E-state index contributed by atoms with van der Waals surface area (Å²) in [6.07, 6.45) is 46.7. The molecule has 0 bridgehead atoms. The molecule has 6 nitrogen and oxygen atoms in total. The van der Waals surface area contributed by atoms with Crippen LogP contribution in [0.2, 0.25) is 0 Å². The van der Waals surface area contributed by atoms with Crippen LogP contribution in [0.4, 0.5) is 0 Å². The molecule has 0 heterocycles. The van der Waals surface area contributed by atoms with E-state index in [1.807, 2.05) is 0 Å². The molecule has 61 heavy (non-hydrogen) atoms. The lowest BCUT2D eigenvalue weighted by Crippen LogP contribution is -2.30. The number of ether oxygens (including phenoxy) is 3. The van der Waals surface area contributed by atoms with E-state index >= 15 is 0 Å². The van der Waals surface area contributed by atoms with Gasteiger partial charge in [0.1, 0.15) is 13.2 Å². The Bertz CT molecular complexity index is 945. The minimum atomic E-state index is -0.763. The van der Waals surface area contributed by atoms with E-state index in [-0.39, 0.29) is 31.1 Å². The zero-order valence-corrected chi connectivity index (χ0v) is 42.0. The Morgan fingerprint density at radius 1 is 0.279 bits per heavy atom. The lowest BCUT2D eigenvalue weighted by atomic mass is 10.0. The van der Waals surface area contributed by atoms with Gasteiger partial charge < -0.3 is 14.2 Å². The van der Waals surface area contributed by atoms with Crippen LogP contribution in [0.3, 0.4) is 0 Å². The standard InChI is InChI=1S/C55H106O6/c1-49(2)41-35-29-23-17-13-10-8-7-9-11-15-20-28-34-40-46-55(58)61-52(48-60-54(57)45-39-33-27-22-21-25-31-37-43-51(5)6)47-59-53(56)44-38-32-26-19-16-12-14-18-24-30-36-42-50(3)4/h49-52H,7-48H2,1-6H3/t52-/m1/s1. The van der Waals surface area contributed by atoms with Gasteiger partial charge in [-0.05, 0) is 37.0 Å². The molecular formula is C55H106O6. The Morgan fingerprint density at radius 3 is 0.705 bits per heavy atom. The second kappa shape index (κ2) is 46.4. The predicted molar refractivity (Wildman–Crippen MR) is 261 cm³/mol. The van der Waals surface area contributed by atoms with Gasteiger partial charge in [-0.2, -0.15) is 0 Å². The third-order valence-electron chi connectivity index (χ3n) is 12.4. The summed E-state index contributed by atoms with van der Waals surface area (Å²) in [6, 6.07) is 0. The van der Waals surface area contributed by atoms with E-state index in [2.05, 4.69) is 41.5 Å². The van der Waals surface area contributed by atoms with Crippen LogP contribution in [-0.4, -0.2) is 37.2 Å². The average Bonchev–Trinajstić information content (AvgIpc) is 3.22. The number of hydrogen-bond donors (Lipinski definition) is 0. The highest BCUT2D eigenvalue weighted by Crippen LogP contribution is 2.18. The maximum absolute atomic E-state index is 12.8. The molecule has 0 saturated carbocycles. The molecule has 0 radical (unpaired) electrons. The van der Waals surface area contributed by atoms with Crippen LogP contribution in [0.15, 0.2) is 0 Å². The topological polar surface area (TPSA) is 78.9 Å². The van der Waals surface area contributed by atoms with E-state index in [0.717, 1.165) is 75.5 Å². The first-order valence-corrected chi connectivity index (χ1v) is 27.1. The quantitative estimate of drug-likeness (QED) is 0.0344. The van der Waals surface area contributed by atoms with Crippen LogP contribution in [0, 0.1) is 17.8 Å². The Morgan fingerprint density at radius 2 is 0.475 bits per heavy atom. The summed E-state index contributed by atoms with van der Waals surface area (Å²) in [5.41, 5.74) is 0. The predicted octanol–water partition coefficient (Wildman–Crippen LogP) is 17.6. The SMILES string of the molecule is CC(C)CCCCCCCCCCCCCCCCCC(=O)O[C@H](COC(=O)CCCCCCCCCCCCCC(C)C)COC(=O)CCCCCCCCCCC(C)C. The maximum Gasteiger partial charge on any atom is 0.306 e. The Balaban J connectivity index is 4.29. The van der Waals surface area contributed by atoms with E-state index in [4.69, 9.17) is 14.2 Å². The van der Waals surface area contributed by atoms with Crippen molar-refractivity contribution in [1.29, 1.82) is 0 Å². The van der Waals surface area contributed by atoms with Crippen molar-refractivity contribution in [3.8, 4) is 0 Å². The third-order valence-corrected chi connectivity index (χ3v) is 12.4. The summed E-state index contributed by atoms with van der Waals surface area (Å²) < 4.78 is 16.8. The first-order chi connectivity index (χ1) is 29.6. The summed E-state index contributed by atoms with van der Waals surface area (Å²) >= 11 is 0. The van der Waals surface area contributed by atoms with E-state index in [1.54, 1.807) is 0 Å². The molecule has 0 aliphatic rings. The molecule has 0 rings (SSSR count). The van der Waals surface area contributed by atoms with Crippen LogP contribution < -0.4 is 0 Å². The summed E-state index contributed by atoms with van der Waals surface area (Å²) in [4.78, 5) is 38.0. The number of rotatable bonds is 48. The smallest absolute Gasteiger partial charge is 0.306 e. The molecule has 0 aromatic heterocycles. The monoisotopic (exact) mass is 863 g/mol. The van der Waals surface area contributed by atoms with Gasteiger partial charge >= 0.3 is 17.9 Å². The van der Waals surface area contributed by atoms with Crippen molar-refractivity contribution in [3.05, 3.63) is 0 Å². The number of unbranched alkanes of at least 4 members (excludes halogenated alkanes) is 31. The van der Waals surface area contributed by atoms with Crippen molar-refractivity contribution in [2.75, 3.05) is 13.2 Å². The van der Waals surface area contributed by atoms with Gasteiger partial charge in [0.2, 0.25) is 0 Å². The molecule has 0 aromatic carbocycles. The maximum atomic E-state index is 12.8. The molecule has 362 valence electrons. The molecule has 0 aliphatic carbocycles. The van der Waals surface area contributed by atoms with Crippen molar-refractivity contribution in [1.82, 2.24) is 0 Å². The Hall–Kier alpha value is -1.59. The zero-order chi connectivity index (χ0) is 44.9. The largest absolute Gasteiger partial charge is 0.462 e. The minimum absolute atomic E-state index is 0.0646. The lowest BCUT2D eigenvalue weighted by molar-refractivity contribution is -0.167.